The van der Waals surface area contributed by atoms with Gasteiger partial charge in [-0.15, -0.1) is 0 Å². The first-order chi connectivity index (χ1) is 11.3. The van der Waals surface area contributed by atoms with Crippen molar-refractivity contribution in [2.45, 2.75) is 4.90 Å². The Morgan fingerprint density at radius 2 is 1.92 bits per heavy atom. The van der Waals surface area contributed by atoms with Crippen molar-refractivity contribution >= 4 is 37.5 Å². The van der Waals surface area contributed by atoms with Crippen LogP contribution >= 0.6 is 15.9 Å². The summed E-state index contributed by atoms with van der Waals surface area (Å²) < 4.78 is 45.5. The summed E-state index contributed by atoms with van der Waals surface area (Å²) in [5, 5.41) is 2.40. The van der Waals surface area contributed by atoms with E-state index in [1.165, 1.54) is 38.4 Å². The van der Waals surface area contributed by atoms with Gasteiger partial charge in [0.05, 0.1) is 12.8 Å². The highest BCUT2D eigenvalue weighted by atomic mass is 79.9. The molecule has 2 aromatic rings. The van der Waals surface area contributed by atoms with Gasteiger partial charge < -0.3 is 10.1 Å². The molecule has 6 nitrogen and oxygen atoms in total. The number of benzene rings is 2. The third-order valence-corrected chi connectivity index (χ3v) is 5.09. The number of anilines is 1. The van der Waals surface area contributed by atoms with E-state index in [0.717, 1.165) is 6.07 Å². The molecule has 0 atom stereocenters. The number of amides is 1. The summed E-state index contributed by atoms with van der Waals surface area (Å²) >= 11 is 3.12. The average Bonchev–Trinajstić information content (AvgIpc) is 2.56. The summed E-state index contributed by atoms with van der Waals surface area (Å²) in [6.07, 6.45) is 0. The lowest BCUT2D eigenvalue weighted by atomic mass is 10.2. The van der Waals surface area contributed by atoms with Crippen LogP contribution in [0.2, 0.25) is 0 Å². The molecule has 24 heavy (non-hydrogen) atoms. The predicted octanol–water partition coefficient (Wildman–Crippen LogP) is 2.76. The van der Waals surface area contributed by atoms with Crippen molar-refractivity contribution in [3.63, 3.8) is 0 Å². The molecule has 0 aliphatic rings. The predicted molar refractivity (Wildman–Crippen MR) is 91.3 cm³/mol. The summed E-state index contributed by atoms with van der Waals surface area (Å²) in [4.78, 5) is 12.1. The molecule has 128 valence electrons. The van der Waals surface area contributed by atoms with Crippen molar-refractivity contribution in [2.24, 2.45) is 0 Å². The number of halogens is 2. The zero-order valence-electron chi connectivity index (χ0n) is 12.8. The fourth-order valence-electron chi connectivity index (χ4n) is 1.92. The summed E-state index contributed by atoms with van der Waals surface area (Å²) in [6, 6.07) is 8.09. The van der Waals surface area contributed by atoms with E-state index < -0.39 is 21.7 Å². The molecule has 2 rings (SSSR count). The largest absolute Gasteiger partial charge is 0.495 e. The lowest BCUT2D eigenvalue weighted by Crippen LogP contribution is -2.20. The number of hydrogen-bond acceptors (Lipinski definition) is 4. The Kier molecular flexibility index (Phi) is 5.58. The van der Waals surface area contributed by atoms with E-state index in [4.69, 9.17) is 4.74 Å². The maximum absolute atomic E-state index is 13.8. The molecule has 0 saturated carbocycles. The van der Waals surface area contributed by atoms with Gasteiger partial charge in [-0.05, 0) is 43.4 Å². The molecular weight excluding hydrogens is 403 g/mol. The van der Waals surface area contributed by atoms with Crippen molar-refractivity contribution in [3.05, 3.63) is 52.3 Å². The van der Waals surface area contributed by atoms with Crippen molar-refractivity contribution < 1.29 is 22.3 Å². The Balaban J connectivity index is 2.38. The third kappa shape index (κ3) is 3.92. The number of methoxy groups -OCH3 is 1. The Morgan fingerprint density at radius 1 is 1.21 bits per heavy atom. The van der Waals surface area contributed by atoms with E-state index in [2.05, 4.69) is 26.0 Å². The van der Waals surface area contributed by atoms with E-state index in [0.29, 0.717) is 4.47 Å². The van der Waals surface area contributed by atoms with Crippen LogP contribution in [0.1, 0.15) is 10.4 Å². The maximum atomic E-state index is 13.8. The van der Waals surface area contributed by atoms with Gasteiger partial charge in [0.1, 0.15) is 16.5 Å². The quantitative estimate of drug-likeness (QED) is 0.784. The Bertz CT molecular complexity index is 887. The molecule has 1 amide bonds. The van der Waals surface area contributed by atoms with E-state index in [1.54, 1.807) is 6.07 Å². The van der Waals surface area contributed by atoms with Crippen LogP contribution in [-0.4, -0.2) is 28.5 Å². The topological polar surface area (TPSA) is 84.5 Å². The molecule has 0 aliphatic carbocycles. The highest BCUT2D eigenvalue weighted by Crippen LogP contribution is 2.26. The van der Waals surface area contributed by atoms with E-state index in [1.807, 2.05) is 0 Å². The number of carbonyl (C=O) groups is 1. The van der Waals surface area contributed by atoms with Gasteiger partial charge in [0.2, 0.25) is 10.0 Å². The van der Waals surface area contributed by atoms with Gasteiger partial charge >= 0.3 is 0 Å². The van der Waals surface area contributed by atoms with Crippen molar-refractivity contribution in [1.82, 2.24) is 4.72 Å². The first-order valence-corrected chi connectivity index (χ1v) is 8.94. The minimum Gasteiger partial charge on any atom is -0.495 e. The lowest BCUT2D eigenvalue weighted by molar-refractivity contribution is 0.102. The molecule has 2 aromatic carbocycles. The van der Waals surface area contributed by atoms with Gasteiger partial charge in [-0.25, -0.2) is 17.5 Å². The van der Waals surface area contributed by atoms with Gasteiger partial charge in [-0.1, -0.05) is 15.9 Å². The van der Waals surface area contributed by atoms with E-state index in [9.17, 15) is 17.6 Å². The van der Waals surface area contributed by atoms with Crippen LogP contribution in [0.4, 0.5) is 10.1 Å². The van der Waals surface area contributed by atoms with Gasteiger partial charge in [0, 0.05) is 10.0 Å². The summed E-state index contributed by atoms with van der Waals surface area (Å²) in [7, 11) is -1.25. The Morgan fingerprint density at radius 3 is 2.50 bits per heavy atom. The molecule has 0 aromatic heterocycles. The van der Waals surface area contributed by atoms with Gasteiger partial charge in [0.25, 0.3) is 5.91 Å². The molecule has 2 N–H and O–H groups in total. The number of rotatable bonds is 5. The van der Waals surface area contributed by atoms with Gasteiger partial charge in [-0.2, -0.15) is 0 Å². The molecule has 0 radical (unpaired) electrons. The minimum atomic E-state index is -3.82. The number of ether oxygens (including phenoxy) is 1. The molecule has 0 spiro atoms. The number of sulfonamides is 1. The number of hydrogen-bond donors (Lipinski definition) is 2. The van der Waals surface area contributed by atoms with Crippen molar-refractivity contribution in [2.75, 3.05) is 19.5 Å². The average molecular weight is 417 g/mol. The van der Waals surface area contributed by atoms with Crippen LogP contribution in [-0.2, 0) is 10.0 Å². The highest BCUT2D eigenvalue weighted by molar-refractivity contribution is 9.10. The second kappa shape index (κ2) is 7.29. The summed E-state index contributed by atoms with van der Waals surface area (Å²) in [5.41, 5.74) is 0.0315. The van der Waals surface area contributed by atoms with Crippen LogP contribution in [0.15, 0.2) is 45.8 Å². The fourth-order valence-corrected chi connectivity index (χ4v) is 3.17. The Hall–Kier alpha value is -1.97. The summed E-state index contributed by atoms with van der Waals surface area (Å²) in [6.45, 7) is 0. The molecule has 0 aliphatic heterocycles. The van der Waals surface area contributed by atoms with Crippen LogP contribution < -0.4 is 14.8 Å². The van der Waals surface area contributed by atoms with Crippen LogP contribution in [0.25, 0.3) is 0 Å². The van der Waals surface area contributed by atoms with Gasteiger partial charge in [-0.3, -0.25) is 4.79 Å². The first-order valence-electron chi connectivity index (χ1n) is 6.66. The molecule has 0 fully saturated rings. The first kappa shape index (κ1) is 18.4. The van der Waals surface area contributed by atoms with Crippen LogP contribution in [0.5, 0.6) is 5.75 Å². The maximum Gasteiger partial charge on any atom is 0.255 e. The molecule has 0 bridgehead atoms. The van der Waals surface area contributed by atoms with Crippen molar-refractivity contribution in [3.8, 4) is 5.75 Å². The highest BCUT2D eigenvalue weighted by Gasteiger charge is 2.20. The van der Waals surface area contributed by atoms with Crippen LogP contribution in [0, 0.1) is 5.82 Å². The number of nitrogens with one attached hydrogen (secondary N) is 2. The molecule has 0 heterocycles. The molecular formula is C15H14BrFN2O4S. The van der Waals surface area contributed by atoms with Gasteiger partial charge in [0.15, 0.2) is 0 Å². The standard InChI is InChI=1S/C15H14BrFN2O4S/c1-18-24(21,22)14-7-9(3-6-13(14)23-2)15(20)19-12-5-4-10(16)8-11(12)17/h3-8,18H,1-2H3,(H,19,20). The number of carbonyl (C=O) groups excluding carboxylic acids is 1. The smallest absolute Gasteiger partial charge is 0.255 e. The zero-order chi connectivity index (χ0) is 17.9. The fraction of sp³-hybridized carbons (Fsp3) is 0.133. The zero-order valence-corrected chi connectivity index (χ0v) is 15.2. The normalized spacial score (nSPS) is 11.2. The van der Waals surface area contributed by atoms with Crippen molar-refractivity contribution in [1.29, 1.82) is 0 Å². The summed E-state index contributed by atoms with van der Waals surface area (Å²) in [5.74, 6) is -1.17. The second-order valence-electron chi connectivity index (χ2n) is 4.65. The SMILES string of the molecule is CNS(=O)(=O)c1cc(C(=O)Nc2ccc(Br)cc2F)ccc1OC. The van der Waals surface area contributed by atoms with E-state index >= 15 is 0 Å². The monoisotopic (exact) mass is 416 g/mol. The molecule has 0 saturated heterocycles. The second-order valence-corrected chi connectivity index (χ2v) is 7.42. The minimum absolute atomic E-state index is 0.0166. The molecule has 0 unspecified atom stereocenters. The lowest BCUT2D eigenvalue weighted by Gasteiger charge is -2.11. The van der Waals surface area contributed by atoms with E-state index in [-0.39, 0.29) is 21.9 Å². The third-order valence-electron chi connectivity index (χ3n) is 3.16. The molecule has 9 heteroatoms. The van der Waals surface area contributed by atoms with Crippen LogP contribution in [0.3, 0.4) is 0 Å². The Labute approximate surface area is 147 Å².